The SMILES string of the molecule is N#Cc1ccc2c(c1)C1C=CCC1C(c1cc([N+](=O)[O-])ccc1Cl)N2. The van der Waals surface area contributed by atoms with E-state index in [9.17, 15) is 10.1 Å². The van der Waals surface area contributed by atoms with Crippen molar-refractivity contribution in [3.63, 3.8) is 0 Å². The molecule has 0 aromatic heterocycles. The number of benzene rings is 2. The lowest BCUT2D eigenvalue weighted by Crippen LogP contribution is -2.29. The summed E-state index contributed by atoms with van der Waals surface area (Å²) < 4.78 is 0. The van der Waals surface area contributed by atoms with Crippen molar-refractivity contribution >= 4 is 23.0 Å². The van der Waals surface area contributed by atoms with Crippen LogP contribution in [-0.4, -0.2) is 4.92 Å². The van der Waals surface area contributed by atoms with Gasteiger partial charge in [0, 0.05) is 34.3 Å². The molecule has 3 unspecified atom stereocenters. The van der Waals surface area contributed by atoms with Crippen molar-refractivity contribution in [2.24, 2.45) is 5.92 Å². The molecule has 0 radical (unpaired) electrons. The predicted molar refractivity (Wildman–Crippen MR) is 95.6 cm³/mol. The van der Waals surface area contributed by atoms with Gasteiger partial charge in [-0.05, 0) is 42.2 Å². The average Bonchev–Trinajstić information content (AvgIpc) is 3.11. The molecule has 2 aliphatic rings. The van der Waals surface area contributed by atoms with E-state index in [1.165, 1.54) is 6.07 Å². The molecule has 1 N–H and O–H groups in total. The Balaban J connectivity index is 1.81. The number of allylic oxidation sites excluding steroid dienone is 2. The zero-order chi connectivity index (χ0) is 17.6. The number of nitrogens with one attached hydrogen (secondary N) is 1. The van der Waals surface area contributed by atoms with Gasteiger partial charge >= 0.3 is 0 Å². The van der Waals surface area contributed by atoms with Gasteiger partial charge in [-0.3, -0.25) is 10.1 Å². The summed E-state index contributed by atoms with van der Waals surface area (Å²) in [4.78, 5) is 10.7. The van der Waals surface area contributed by atoms with Crippen molar-refractivity contribution < 1.29 is 4.92 Å². The van der Waals surface area contributed by atoms with Gasteiger partial charge in [0.2, 0.25) is 0 Å². The van der Waals surface area contributed by atoms with E-state index in [1.807, 2.05) is 12.1 Å². The van der Waals surface area contributed by atoms with E-state index >= 15 is 0 Å². The average molecular weight is 352 g/mol. The molecular formula is C19H14ClN3O2. The van der Waals surface area contributed by atoms with Crippen molar-refractivity contribution in [2.75, 3.05) is 5.32 Å². The molecule has 124 valence electrons. The van der Waals surface area contributed by atoms with E-state index in [4.69, 9.17) is 16.9 Å². The van der Waals surface area contributed by atoms with Crippen molar-refractivity contribution in [1.29, 1.82) is 5.26 Å². The summed E-state index contributed by atoms with van der Waals surface area (Å²) in [5.74, 6) is 0.380. The van der Waals surface area contributed by atoms with Crippen LogP contribution < -0.4 is 5.32 Å². The van der Waals surface area contributed by atoms with Crippen molar-refractivity contribution in [2.45, 2.75) is 18.4 Å². The van der Waals surface area contributed by atoms with Gasteiger partial charge in [0.1, 0.15) is 0 Å². The van der Waals surface area contributed by atoms with Crippen molar-refractivity contribution in [3.8, 4) is 6.07 Å². The molecule has 25 heavy (non-hydrogen) atoms. The van der Waals surface area contributed by atoms with Crippen LogP contribution >= 0.6 is 11.6 Å². The maximum absolute atomic E-state index is 11.1. The molecule has 0 saturated heterocycles. The summed E-state index contributed by atoms with van der Waals surface area (Å²) in [6.07, 6.45) is 5.14. The summed E-state index contributed by atoms with van der Waals surface area (Å²) in [5, 5.41) is 24.3. The second kappa shape index (κ2) is 5.91. The zero-order valence-electron chi connectivity index (χ0n) is 13.1. The molecule has 0 fully saturated rings. The van der Waals surface area contributed by atoms with Gasteiger partial charge in [-0.25, -0.2) is 0 Å². The maximum atomic E-state index is 11.1. The minimum absolute atomic E-state index is 0.0364. The number of nitriles is 1. The van der Waals surface area contributed by atoms with Crippen LogP contribution in [0.5, 0.6) is 0 Å². The van der Waals surface area contributed by atoms with Gasteiger partial charge in [0.25, 0.3) is 5.69 Å². The third kappa shape index (κ3) is 2.55. The Labute approximate surface area is 149 Å². The molecule has 5 nitrogen and oxygen atoms in total. The third-order valence-corrected chi connectivity index (χ3v) is 5.36. The maximum Gasteiger partial charge on any atom is 0.269 e. The highest BCUT2D eigenvalue weighted by molar-refractivity contribution is 6.31. The Hall–Kier alpha value is -2.84. The van der Waals surface area contributed by atoms with E-state index in [1.54, 1.807) is 18.2 Å². The summed E-state index contributed by atoms with van der Waals surface area (Å²) in [6, 6.07) is 12.2. The molecule has 1 aliphatic heterocycles. The van der Waals surface area contributed by atoms with Crippen LogP contribution in [0.25, 0.3) is 0 Å². The first kappa shape index (κ1) is 15.7. The van der Waals surface area contributed by atoms with Crippen LogP contribution in [0.2, 0.25) is 5.02 Å². The molecule has 1 aliphatic carbocycles. The van der Waals surface area contributed by atoms with E-state index < -0.39 is 4.92 Å². The molecule has 1 heterocycles. The predicted octanol–water partition coefficient (Wildman–Crippen LogP) is 4.95. The van der Waals surface area contributed by atoms with Crippen molar-refractivity contribution in [1.82, 2.24) is 0 Å². The molecule has 6 heteroatoms. The quantitative estimate of drug-likeness (QED) is 0.472. The van der Waals surface area contributed by atoms with Crippen LogP contribution in [0.3, 0.4) is 0 Å². The fourth-order valence-corrected chi connectivity index (χ4v) is 4.09. The van der Waals surface area contributed by atoms with Crippen molar-refractivity contribution in [3.05, 3.63) is 80.4 Å². The fourth-order valence-electron chi connectivity index (χ4n) is 3.85. The van der Waals surface area contributed by atoms with Gasteiger partial charge in [-0.1, -0.05) is 23.8 Å². The molecule has 0 saturated carbocycles. The van der Waals surface area contributed by atoms with Gasteiger partial charge in [-0.15, -0.1) is 0 Å². The van der Waals surface area contributed by atoms with Gasteiger partial charge in [0.15, 0.2) is 0 Å². The van der Waals surface area contributed by atoms with E-state index in [2.05, 4.69) is 23.5 Å². The fraction of sp³-hybridized carbons (Fsp3) is 0.211. The number of rotatable bonds is 2. The number of hydrogen-bond acceptors (Lipinski definition) is 4. The number of nitrogens with zero attached hydrogens (tertiary/aromatic N) is 2. The van der Waals surface area contributed by atoms with Crippen LogP contribution in [0.1, 0.15) is 35.1 Å². The molecule has 2 aromatic rings. The number of anilines is 1. The first-order chi connectivity index (χ1) is 12.1. The molecule has 3 atom stereocenters. The minimum atomic E-state index is -0.403. The first-order valence-corrected chi connectivity index (χ1v) is 8.37. The Morgan fingerprint density at radius 1 is 1.24 bits per heavy atom. The van der Waals surface area contributed by atoms with E-state index in [-0.39, 0.29) is 23.6 Å². The number of hydrogen-bond donors (Lipinski definition) is 1. The highest BCUT2D eigenvalue weighted by Crippen LogP contribution is 2.51. The molecule has 0 spiro atoms. The normalized spacial score (nSPS) is 23.3. The number of fused-ring (bicyclic) bond motifs is 3. The van der Waals surface area contributed by atoms with E-state index in [0.29, 0.717) is 10.6 Å². The molecular weight excluding hydrogens is 338 g/mol. The number of nitro groups is 1. The third-order valence-electron chi connectivity index (χ3n) is 5.02. The number of non-ortho nitro benzene ring substituents is 1. The van der Waals surface area contributed by atoms with Crippen LogP contribution in [-0.2, 0) is 0 Å². The summed E-state index contributed by atoms with van der Waals surface area (Å²) in [6.45, 7) is 0. The standard InChI is InChI=1S/C19H14ClN3O2/c20-17-6-5-12(23(24)25)9-16(17)19-14-3-1-2-13(14)15-8-11(10-21)4-7-18(15)22-19/h1-2,4-9,13-14,19,22H,3H2. The Morgan fingerprint density at radius 2 is 2.08 bits per heavy atom. The topological polar surface area (TPSA) is 79.0 Å². The Kier molecular flexibility index (Phi) is 3.70. The van der Waals surface area contributed by atoms with Crippen LogP contribution in [0.15, 0.2) is 48.6 Å². The second-order valence-electron chi connectivity index (χ2n) is 6.35. The van der Waals surface area contributed by atoms with Crippen LogP contribution in [0, 0.1) is 27.4 Å². The highest BCUT2D eigenvalue weighted by Gasteiger charge is 2.39. The highest BCUT2D eigenvalue weighted by atomic mass is 35.5. The zero-order valence-corrected chi connectivity index (χ0v) is 13.9. The lowest BCUT2D eigenvalue weighted by atomic mass is 9.76. The number of nitro benzene ring substituents is 1. The lowest BCUT2D eigenvalue weighted by Gasteiger charge is -2.37. The van der Waals surface area contributed by atoms with Gasteiger partial charge in [-0.2, -0.15) is 5.26 Å². The molecule has 0 amide bonds. The minimum Gasteiger partial charge on any atom is -0.378 e. The summed E-state index contributed by atoms with van der Waals surface area (Å²) >= 11 is 6.37. The van der Waals surface area contributed by atoms with E-state index in [0.717, 1.165) is 23.2 Å². The largest absolute Gasteiger partial charge is 0.378 e. The van der Waals surface area contributed by atoms with Gasteiger partial charge in [0.05, 0.1) is 22.6 Å². The number of halogens is 1. The lowest BCUT2D eigenvalue weighted by molar-refractivity contribution is -0.384. The van der Waals surface area contributed by atoms with Crippen LogP contribution in [0.4, 0.5) is 11.4 Å². The monoisotopic (exact) mass is 351 g/mol. The smallest absolute Gasteiger partial charge is 0.269 e. The summed E-state index contributed by atoms with van der Waals surface area (Å²) in [5.41, 5.74) is 3.44. The second-order valence-corrected chi connectivity index (χ2v) is 6.76. The summed E-state index contributed by atoms with van der Waals surface area (Å²) in [7, 11) is 0. The Bertz CT molecular complexity index is 948. The van der Waals surface area contributed by atoms with Gasteiger partial charge < -0.3 is 5.32 Å². The first-order valence-electron chi connectivity index (χ1n) is 7.99. The molecule has 2 aromatic carbocycles. The molecule has 0 bridgehead atoms. The Morgan fingerprint density at radius 3 is 2.84 bits per heavy atom. The molecule has 4 rings (SSSR count).